The molecular formula is C14H16N2O3. The first-order valence-corrected chi connectivity index (χ1v) is 6.02. The van der Waals surface area contributed by atoms with Crippen LogP contribution in [-0.2, 0) is 11.3 Å². The van der Waals surface area contributed by atoms with Gasteiger partial charge in [-0.15, -0.1) is 0 Å². The van der Waals surface area contributed by atoms with Gasteiger partial charge in [-0.3, -0.25) is 9.59 Å². The van der Waals surface area contributed by atoms with Crippen LogP contribution in [0.1, 0.15) is 19.5 Å². The van der Waals surface area contributed by atoms with Crippen LogP contribution in [0.3, 0.4) is 0 Å². The summed E-state index contributed by atoms with van der Waals surface area (Å²) in [5.41, 5.74) is 0.474. The van der Waals surface area contributed by atoms with E-state index in [0.29, 0.717) is 16.7 Å². The van der Waals surface area contributed by atoms with Crippen LogP contribution in [0.25, 0.3) is 11.0 Å². The second kappa shape index (κ2) is 4.50. The molecule has 0 radical (unpaired) electrons. The van der Waals surface area contributed by atoms with E-state index in [-0.39, 0.29) is 12.1 Å². The molecule has 0 aliphatic rings. The van der Waals surface area contributed by atoms with Gasteiger partial charge < -0.3 is 9.67 Å². The summed E-state index contributed by atoms with van der Waals surface area (Å²) in [7, 11) is 0. The van der Waals surface area contributed by atoms with Gasteiger partial charge in [0.1, 0.15) is 5.69 Å². The Labute approximate surface area is 110 Å². The van der Waals surface area contributed by atoms with E-state index in [4.69, 9.17) is 0 Å². The normalized spacial score (nSPS) is 11.7. The second-order valence-electron chi connectivity index (χ2n) is 5.27. The molecule has 2 rings (SSSR count). The highest BCUT2D eigenvalue weighted by molar-refractivity contribution is 5.76. The molecule has 1 aromatic carbocycles. The molecule has 0 fully saturated rings. The number of hydrogen-bond acceptors (Lipinski definition) is 3. The van der Waals surface area contributed by atoms with Crippen LogP contribution in [0.15, 0.2) is 29.1 Å². The zero-order chi connectivity index (χ0) is 14.2. The van der Waals surface area contributed by atoms with E-state index in [0.717, 1.165) is 0 Å². The zero-order valence-corrected chi connectivity index (χ0v) is 11.2. The monoisotopic (exact) mass is 260 g/mol. The van der Waals surface area contributed by atoms with Crippen molar-refractivity contribution in [2.75, 3.05) is 0 Å². The van der Waals surface area contributed by atoms with Gasteiger partial charge in [-0.1, -0.05) is 12.1 Å². The number of fused-ring (bicyclic) bond motifs is 1. The number of aryl methyl sites for hydroxylation is 1. The highest BCUT2D eigenvalue weighted by Crippen LogP contribution is 2.20. The Hall–Kier alpha value is -2.17. The molecule has 100 valence electrons. The van der Waals surface area contributed by atoms with Crippen LogP contribution in [0.2, 0.25) is 0 Å². The fourth-order valence-corrected chi connectivity index (χ4v) is 1.94. The number of aromatic nitrogens is 2. The molecule has 0 amide bonds. The van der Waals surface area contributed by atoms with Gasteiger partial charge in [0, 0.05) is 6.54 Å². The summed E-state index contributed by atoms with van der Waals surface area (Å²) in [6.07, 6.45) is 0. The van der Waals surface area contributed by atoms with Gasteiger partial charge >= 0.3 is 5.97 Å². The largest absolute Gasteiger partial charge is 0.481 e. The minimum Gasteiger partial charge on any atom is -0.481 e. The van der Waals surface area contributed by atoms with E-state index in [1.54, 1.807) is 26.8 Å². The van der Waals surface area contributed by atoms with Crippen LogP contribution in [0.4, 0.5) is 0 Å². The Morgan fingerprint density at radius 3 is 2.63 bits per heavy atom. The SMILES string of the molecule is Cc1nc2ccccc2n(CC(C)(C)C(=O)O)c1=O. The van der Waals surface area contributed by atoms with E-state index in [1.807, 2.05) is 18.2 Å². The highest BCUT2D eigenvalue weighted by atomic mass is 16.4. The maximum absolute atomic E-state index is 12.2. The molecule has 0 spiro atoms. The lowest BCUT2D eigenvalue weighted by Gasteiger charge is -2.21. The first kappa shape index (κ1) is 13.3. The molecule has 0 saturated carbocycles. The fourth-order valence-electron chi connectivity index (χ4n) is 1.94. The van der Waals surface area contributed by atoms with Gasteiger partial charge in [0.15, 0.2) is 0 Å². The lowest BCUT2D eigenvalue weighted by molar-refractivity contribution is -0.147. The van der Waals surface area contributed by atoms with Gasteiger partial charge in [-0.25, -0.2) is 4.98 Å². The third-order valence-electron chi connectivity index (χ3n) is 3.15. The van der Waals surface area contributed by atoms with Crippen LogP contribution < -0.4 is 5.56 Å². The van der Waals surface area contributed by atoms with Crippen molar-refractivity contribution in [3.63, 3.8) is 0 Å². The Morgan fingerprint density at radius 2 is 2.00 bits per heavy atom. The van der Waals surface area contributed by atoms with Crippen molar-refractivity contribution in [3.05, 3.63) is 40.3 Å². The highest BCUT2D eigenvalue weighted by Gasteiger charge is 2.29. The van der Waals surface area contributed by atoms with Gasteiger partial charge in [-0.2, -0.15) is 0 Å². The van der Waals surface area contributed by atoms with Crippen molar-refractivity contribution in [3.8, 4) is 0 Å². The Kier molecular flexibility index (Phi) is 3.14. The molecule has 0 unspecified atom stereocenters. The number of hydrogen-bond donors (Lipinski definition) is 1. The molecule has 1 N–H and O–H groups in total. The number of carboxylic acid groups (broad SMARTS) is 1. The van der Waals surface area contributed by atoms with Gasteiger partial charge in [0.2, 0.25) is 0 Å². The molecular weight excluding hydrogens is 244 g/mol. The molecule has 0 aliphatic heterocycles. The zero-order valence-electron chi connectivity index (χ0n) is 11.2. The van der Waals surface area contributed by atoms with E-state index in [1.165, 1.54) is 4.57 Å². The topological polar surface area (TPSA) is 72.2 Å². The molecule has 19 heavy (non-hydrogen) atoms. The maximum Gasteiger partial charge on any atom is 0.310 e. The first-order valence-electron chi connectivity index (χ1n) is 6.02. The predicted octanol–water partition coefficient (Wildman–Crippen LogP) is 1.82. The lowest BCUT2D eigenvalue weighted by atomic mass is 9.93. The van der Waals surface area contributed by atoms with Crippen molar-refractivity contribution < 1.29 is 9.90 Å². The van der Waals surface area contributed by atoms with Crippen LogP contribution >= 0.6 is 0 Å². The molecule has 5 nitrogen and oxygen atoms in total. The fraction of sp³-hybridized carbons (Fsp3) is 0.357. The maximum atomic E-state index is 12.2. The van der Waals surface area contributed by atoms with Gasteiger partial charge in [0.05, 0.1) is 16.4 Å². The number of benzene rings is 1. The number of carboxylic acids is 1. The standard InChI is InChI=1S/C14H16N2O3/c1-9-12(17)16(8-14(2,3)13(18)19)11-7-5-4-6-10(11)15-9/h4-7H,8H2,1-3H3,(H,18,19). The van der Waals surface area contributed by atoms with E-state index in [9.17, 15) is 14.7 Å². The Morgan fingerprint density at radius 1 is 1.37 bits per heavy atom. The predicted molar refractivity (Wildman–Crippen MR) is 72.2 cm³/mol. The van der Waals surface area contributed by atoms with Gasteiger partial charge in [-0.05, 0) is 32.9 Å². The van der Waals surface area contributed by atoms with Crippen LogP contribution in [0.5, 0.6) is 0 Å². The van der Waals surface area contributed by atoms with Crippen LogP contribution in [0, 0.1) is 12.3 Å². The molecule has 1 heterocycles. The number of nitrogens with zero attached hydrogens (tertiary/aromatic N) is 2. The minimum absolute atomic E-state index is 0.116. The Balaban J connectivity index is 2.68. The second-order valence-corrected chi connectivity index (χ2v) is 5.27. The molecule has 1 aromatic heterocycles. The molecule has 0 bridgehead atoms. The van der Waals surface area contributed by atoms with Crippen LogP contribution in [-0.4, -0.2) is 20.6 Å². The number of rotatable bonds is 3. The van der Waals surface area contributed by atoms with Crippen molar-refractivity contribution in [2.45, 2.75) is 27.3 Å². The average Bonchev–Trinajstić information content (AvgIpc) is 2.34. The summed E-state index contributed by atoms with van der Waals surface area (Å²) in [6, 6.07) is 7.24. The number of para-hydroxylation sites is 2. The summed E-state index contributed by atoms with van der Waals surface area (Å²) in [5, 5.41) is 9.20. The third kappa shape index (κ3) is 2.36. The lowest BCUT2D eigenvalue weighted by Crippen LogP contribution is -2.35. The number of aliphatic carboxylic acids is 1. The molecule has 2 aromatic rings. The summed E-state index contributed by atoms with van der Waals surface area (Å²) >= 11 is 0. The summed E-state index contributed by atoms with van der Waals surface area (Å²) < 4.78 is 1.49. The summed E-state index contributed by atoms with van der Waals surface area (Å²) in [4.78, 5) is 27.6. The number of carbonyl (C=O) groups is 1. The molecule has 0 atom stereocenters. The molecule has 5 heteroatoms. The minimum atomic E-state index is -1.01. The first-order chi connectivity index (χ1) is 8.83. The Bertz CT molecular complexity index is 701. The van der Waals surface area contributed by atoms with Crippen molar-refractivity contribution in [1.29, 1.82) is 0 Å². The van der Waals surface area contributed by atoms with E-state index >= 15 is 0 Å². The summed E-state index contributed by atoms with van der Waals surface area (Å²) in [5.74, 6) is -0.932. The smallest absolute Gasteiger partial charge is 0.310 e. The van der Waals surface area contributed by atoms with Gasteiger partial charge in [0.25, 0.3) is 5.56 Å². The average molecular weight is 260 g/mol. The van der Waals surface area contributed by atoms with Crippen molar-refractivity contribution >= 4 is 17.0 Å². The quantitative estimate of drug-likeness (QED) is 0.913. The molecule has 0 saturated heterocycles. The van der Waals surface area contributed by atoms with E-state index in [2.05, 4.69) is 4.98 Å². The van der Waals surface area contributed by atoms with Crippen molar-refractivity contribution in [1.82, 2.24) is 9.55 Å². The third-order valence-corrected chi connectivity index (χ3v) is 3.15. The van der Waals surface area contributed by atoms with E-state index < -0.39 is 11.4 Å². The summed E-state index contributed by atoms with van der Waals surface area (Å²) in [6.45, 7) is 4.96. The molecule has 0 aliphatic carbocycles. The van der Waals surface area contributed by atoms with Crippen molar-refractivity contribution in [2.24, 2.45) is 5.41 Å².